The molecule has 0 aromatic heterocycles. The average molecular weight is 202 g/mol. The molecular formula is C13H18N2. The molecule has 0 amide bonds. The Bertz CT molecular complexity index is 425. The molecule has 2 heteroatoms. The Kier molecular flexibility index (Phi) is 3.81. The van der Waals surface area contributed by atoms with Gasteiger partial charge in [0.1, 0.15) is 0 Å². The third-order valence-corrected chi connectivity index (χ3v) is 3.01. The van der Waals surface area contributed by atoms with Gasteiger partial charge in [-0.15, -0.1) is 0 Å². The van der Waals surface area contributed by atoms with Crippen LogP contribution < -0.4 is 0 Å². The monoisotopic (exact) mass is 202 g/mol. The van der Waals surface area contributed by atoms with Crippen LogP contribution in [-0.2, 0) is 6.54 Å². The summed E-state index contributed by atoms with van der Waals surface area (Å²) >= 11 is 0. The first kappa shape index (κ1) is 11.7. The van der Waals surface area contributed by atoms with Crippen LogP contribution in [-0.4, -0.2) is 13.1 Å². The number of aliphatic imine (C=N–C) groups is 2. The minimum Gasteiger partial charge on any atom is -0.229 e. The fourth-order valence-electron chi connectivity index (χ4n) is 1.65. The Morgan fingerprint density at radius 1 is 1.07 bits per heavy atom. The van der Waals surface area contributed by atoms with Crippen LogP contribution in [0.3, 0.4) is 0 Å². The number of aryl methyl sites for hydroxylation is 1. The summed E-state index contributed by atoms with van der Waals surface area (Å²) in [5.74, 6) is 0. The van der Waals surface area contributed by atoms with Crippen molar-refractivity contribution in [3.63, 3.8) is 0 Å². The van der Waals surface area contributed by atoms with Crippen molar-refractivity contribution < 1.29 is 0 Å². The molecule has 0 unspecified atom stereocenters. The van der Waals surface area contributed by atoms with Crippen molar-refractivity contribution in [1.29, 1.82) is 0 Å². The van der Waals surface area contributed by atoms with E-state index in [1.165, 1.54) is 27.8 Å². The lowest BCUT2D eigenvalue weighted by Gasteiger charge is -2.12. The minimum absolute atomic E-state index is 0.672. The van der Waals surface area contributed by atoms with Crippen molar-refractivity contribution in [3.05, 3.63) is 33.9 Å². The van der Waals surface area contributed by atoms with E-state index in [0.717, 1.165) is 0 Å². The summed E-state index contributed by atoms with van der Waals surface area (Å²) in [7, 11) is 1.68. The maximum absolute atomic E-state index is 4.12. The number of nitrogens with zero attached hydrogens (tertiary/aromatic N) is 2. The van der Waals surface area contributed by atoms with E-state index < -0.39 is 0 Å². The summed E-state index contributed by atoms with van der Waals surface area (Å²) in [6.07, 6.45) is 0. The maximum Gasteiger partial charge on any atom is 0.0893 e. The molecule has 0 atom stereocenters. The Hall–Kier alpha value is -1.40. The lowest BCUT2D eigenvalue weighted by atomic mass is 9.95. The fourth-order valence-corrected chi connectivity index (χ4v) is 1.65. The van der Waals surface area contributed by atoms with Crippen LogP contribution >= 0.6 is 0 Å². The predicted molar refractivity (Wildman–Crippen MR) is 64.9 cm³/mol. The normalized spacial score (nSPS) is 9.67. The second kappa shape index (κ2) is 4.90. The number of rotatable bonds is 2. The van der Waals surface area contributed by atoms with E-state index >= 15 is 0 Å². The fraction of sp³-hybridized carbons (Fsp3) is 0.462. The van der Waals surface area contributed by atoms with Gasteiger partial charge in [0.2, 0.25) is 0 Å². The first-order chi connectivity index (χ1) is 7.07. The van der Waals surface area contributed by atoms with Crippen molar-refractivity contribution in [2.24, 2.45) is 9.98 Å². The van der Waals surface area contributed by atoms with Crippen LogP contribution in [0.15, 0.2) is 16.1 Å². The molecule has 1 aromatic rings. The van der Waals surface area contributed by atoms with Gasteiger partial charge in [-0.3, -0.25) is 0 Å². The number of hydrogen-bond acceptors (Lipinski definition) is 2. The highest BCUT2D eigenvalue weighted by atomic mass is 14.8. The molecule has 0 radical (unpaired) electrons. The summed E-state index contributed by atoms with van der Waals surface area (Å²) < 4.78 is 0. The molecule has 80 valence electrons. The molecule has 15 heavy (non-hydrogen) atoms. The van der Waals surface area contributed by atoms with Gasteiger partial charge in [-0.1, -0.05) is 6.07 Å². The van der Waals surface area contributed by atoms with Crippen molar-refractivity contribution in [2.45, 2.75) is 34.2 Å². The quantitative estimate of drug-likeness (QED) is 0.658. The molecule has 0 spiro atoms. The lowest BCUT2D eigenvalue weighted by molar-refractivity contribution is 1.03. The first-order valence-corrected chi connectivity index (χ1v) is 5.14. The minimum atomic E-state index is 0.672. The van der Waals surface area contributed by atoms with Gasteiger partial charge < -0.3 is 0 Å². The Morgan fingerprint density at radius 3 is 2.33 bits per heavy atom. The van der Waals surface area contributed by atoms with Gasteiger partial charge in [0.25, 0.3) is 0 Å². The van der Waals surface area contributed by atoms with Gasteiger partial charge in [0, 0.05) is 7.05 Å². The largest absolute Gasteiger partial charge is 0.229 e. The van der Waals surface area contributed by atoms with Gasteiger partial charge in [0.05, 0.1) is 12.6 Å². The van der Waals surface area contributed by atoms with E-state index in [-0.39, 0.29) is 0 Å². The summed E-state index contributed by atoms with van der Waals surface area (Å²) in [6, 6.07) is 4.83. The van der Waals surface area contributed by atoms with E-state index in [0.29, 0.717) is 6.54 Å². The predicted octanol–water partition coefficient (Wildman–Crippen LogP) is 3.22. The smallest absolute Gasteiger partial charge is 0.0893 e. The van der Waals surface area contributed by atoms with Crippen molar-refractivity contribution in [3.8, 4) is 0 Å². The standard InChI is InChI=1S/C13H18N2/c1-9-6-13(7-15-8-14-5)12(4)11(3)10(9)2/h6H,7H2,1-5H3. The van der Waals surface area contributed by atoms with Gasteiger partial charge in [-0.2, -0.15) is 0 Å². The average Bonchev–Trinajstić information content (AvgIpc) is 2.23. The molecule has 0 aliphatic carbocycles. The van der Waals surface area contributed by atoms with Crippen LogP contribution in [0.25, 0.3) is 0 Å². The highest BCUT2D eigenvalue weighted by Gasteiger charge is 2.05. The Balaban J connectivity index is 3.15. The maximum atomic E-state index is 4.12. The summed E-state index contributed by atoms with van der Waals surface area (Å²) in [5.41, 5.74) is 6.68. The molecular weight excluding hydrogens is 184 g/mol. The Morgan fingerprint density at radius 2 is 1.73 bits per heavy atom. The lowest BCUT2D eigenvalue weighted by Crippen LogP contribution is -1.96. The van der Waals surface area contributed by atoms with Gasteiger partial charge >= 0.3 is 0 Å². The molecule has 0 fully saturated rings. The number of hydrogen-bond donors (Lipinski definition) is 0. The second-order valence-electron chi connectivity index (χ2n) is 3.87. The molecule has 0 aliphatic rings. The van der Waals surface area contributed by atoms with E-state index in [4.69, 9.17) is 0 Å². The highest BCUT2D eigenvalue weighted by Crippen LogP contribution is 2.21. The zero-order chi connectivity index (χ0) is 11.4. The molecule has 0 heterocycles. The molecule has 0 N–H and O–H groups in total. The van der Waals surface area contributed by atoms with Crippen LogP contribution in [0.1, 0.15) is 27.8 Å². The third-order valence-electron chi connectivity index (χ3n) is 3.01. The zero-order valence-corrected chi connectivity index (χ0v) is 10.2. The van der Waals surface area contributed by atoms with Crippen LogP contribution in [0.2, 0.25) is 0 Å². The molecule has 2 nitrogen and oxygen atoms in total. The van der Waals surface area contributed by atoms with Crippen LogP contribution in [0, 0.1) is 27.7 Å². The van der Waals surface area contributed by atoms with Crippen LogP contribution in [0.4, 0.5) is 0 Å². The summed E-state index contributed by atoms with van der Waals surface area (Å²) in [5, 5.41) is 0. The molecule has 0 saturated carbocycles. The van der Waals surface area contributed by atoms with E-state index in [1.54, 1.807) is 7.05 Å². The third kappa shape index (κ3) is 2.54. The highest BCUT2D eigenvalue weighted by molar-refractivity contribution is 5.45. The van der Waals surface area contributed by atoms with Gasteiger partial charge in [-0.25, -0.2) is 9.98 Å². The van der Waals surface area contributed by atoms with Crippen molar-refractivity contribution in [2.75, 3.05) is 7.05 Å². The summed E-state index contributed by atoms with van der Waals surface area (Å²) in [4.78, 5) is 7.84. The van der Waals surface area contributed by atoms with Crippen LogP contribution in [0.5, 0.6) is 0 Å². The summed E-state index contributed by atoms with van der Waals surface area (Å²) in [6.45, 7) is 9.29. The van der Waals surface area contributed by atoms with Gasteiger partial charge in [0.15, 0.2) is 0 Å². The van der Waals surface area contributed by atoms with E-state index in [1.807, 2.05) is 0 Å². The SMILES string of the molecule is CN=C=NCc1cc(C)c(C)c(C)c1C. The topological polar surface area (TPSA) is 24.7 Å². The number of benzene rings is 1. The molecule has 0 bridgehead atoms. The van der Waals surface area contributed by atoms with Crippen molar-refractivity contribution >= 4 is 6.01 Å². The van der Waals surface area contributed by atoms with Gasteiger partial charge in [-0.05, 0) is 55.5 Å². The molecule has 0 saturated heterocycles. The van der Waals surface area contributed by atoms with E-state index in [2.05, 4.69) is 49.8 Å². The Labute approximate surface area is 91.8 Å². The molecule has 1 aromatic carbocycles. The first-order valence-electron chi connectivity index (χ1n) is 5.14. The zero-order valence-electron chi connectivity index (χ0n) is 10.2. The second-order valence-corrected chi connectivity index (χ2v) is 3.87. The van der Waals surface area contributed by atoms with E-state index in [9.17, 15) is 0 Å². The molecule has 1 rings (SSSR count). The van der Waals surface area contributed by atoms with Crippen molar-refractivity contribution in [1.82, 2.24) is 0 Å². The molecule has 0 aliphatic heterocycles.